The molecule has 0 unspecified atom stereocenters. The lowest BCUT2D eigenvalue weighted by Gasteiger charge is -2.35. The molecular formula is C15H32N4O3S. The molecule has 136 valence electrons. The van der Waals surface area contributed by atoms with Crippen LogP contribution in [0.1, 0.15) is 26.7 Å². The van der Waals surface area contributed by atoms with E-state index >= 15 is 0 Å². The topological polar surface area (TPSA) is 83.0 Å². The number of piperidine rings is 1. The zero-order chi connectivity index (χ0) is 17.3. The Morgan fingerprint density at radius 2 is 1.96 bits per heavy atom. The summed E-state index contributed by atoms with van der Waals surface area (Å²) in [7, 11) is -1.19. The molecule has 1 fully saturated rings. The third kappa shape index (κ3) is 9.12. The molecule has 0 amide bonds. The molecule has 23 heavy (non-hydrogen) atoms. The fraction of sp³-hybridized carbons (Fsp3) is 0.933. The van der Waals surface area contributed by atoms with Crippen LogP contribution in [-0.4, -0.2) is 83.3 Å². The zero-order valence-electron chi connectivity index (χ0n) is 14.8. The highest BCUT2D eigenvalue weighted by molar-refractivity contribution is 7.90. The van der Waals surface area contributed by atoms with Gasteiger partial charge in [-0.05, 0) is 26.7 Å². The summed E-state index contributed by atoms with van der Waals surface area (Å²) in [6.45, 7) is 7.99. The van der Waals surface area contributed by atoms with Crippen LogP contribution in [0.4, 0.5) is 0 Å². The highest BCUT2D eigenvalue weighted by Gasteiger charge is 2.21. The van der Waals surface area contributed by atoms with Crippen molar-refractivity contribution in [2.24, 2.45) is 4.99 Å². The first kappa shape index (κ1) is 20.2. The smallest absolute Gasteiger partial charge is 0.191 e. The summed E-state index contributed by atoms with van der Waals surface area (Å²) in [5, 5.41) is 6.64. The van der Waals surface area contributed by atoms with Crippen molar-refractivity contribution in [3.8, 4) is 0 Å². The fourth-order valence-electron chi connectivity index (χ4n) is 2.50. The van der Waals surface area contributed by atoms with Crippen molar-refractivity contribution < 1.29 is 13.2 Å². The number of nitrogens with zero attached hydrogens (tertiary/aromatic N) is 2. The van der Waals surface area contributed by atoms with E-state index in [4.69, 9.17) is 4.74 Å². The van der Waals surface area contributed by atoms with Crippen LogP contribution in [0.3, 0.4) is 0 Å². The molecule has 0 aliphatic carbocycles. The summed E-state index contributed by atoms with van der Waals surface area (Å²) < 4.78 is 27.3. The monoisotopic (exact) mass is 348 g/mol. The molecule has 8 heteroatoms. The van der Waals surface area contributed by atoms with E-state index in [1.54, 1.807) is 7.05 Å². The van der Waals surface area contributed by atoms with E-state index in [0.717, 1.165) is 31.9 Å². The highest BCUT2D eigenvalue weighted by Crippen LogP contribution is 2.12. The van der Waals surface area contributed by atoms with Gasteiger partial charge in [0.2, 0.25) is 0 Å². The Bertz CT molecular complexity index is 457. The van der Waals surface area contributed by atoms with E-state index < -0.39 is 9.84 Å². The van der Waals surface area contributed by atoms with Gasteiger partial charge in [0.05, 0.1) is 19.0 Å². The summed E-state index contributed by atoms with van der Waals surface area (Å²) in [4.78, 5) is 6.71. The standard InChI is InChI=1S/C15H32N4O3S/c1-13(2)19-8-5-14(6-9-19)18-15(16-3)17-7-10-22-11-12-23(4,20)21/h13-14H,5-12H2,1-4H3,(H2,16,17,18). The SMILES string of the molecule is CN=C(NCCOCCS(C)(=O)=O)NC1CCN(C(C)C)CC1. The fourth-order valence-corrected chi connectivity index (χ4v) is 2.92. The van der Waals surface area contributed by atoms with Crippen molar-refractivity contribution in [3.63, 3.8) is 0 Å². The lowest BCUT2D eigenvalue weighted by molar-refractivity contribution is 0.153. The quantitative estimate of drug-likeness (QED) is 0.367. The number of nitrogens with one attached hydrogen (secondary N) is 2. The Balaban J connectivity index is 2.16. The van der Waals surface area contributed by atoms with Crippen LogP contribution in [0.5, 0.6) is 0 Å². The Hall–Kier alpha value is -0.860. The predicted molar refractivity (Wildman–Crippen MR) is 94.8 cm³/mol. The summed E-state index contributed by atoms with van der Waals surface area (Å²) in [6, 6.07) is 1.06. The minimum Gasteiger partial charge on any atom is -0.379 e. The molecule has 0 aromatic heterocycles. The number of sulfone groups is 1. The molecule has 0 spiro atoms. The minimum absolute atomic E-state index is 0.0639. The third-order valence-electron chi connectivity index (χ3n) is 3.96. The number of hydrogen-bond donors (Lipinski definition) is 2. The Morgan fingerprint density at radius 1 is 1.30 bits per heavy atom. The summed E-state index contributed by atoms with van der Waals surface area (Å²) in [5.41, 5.74) is 0. The van der Waals surface area contributed by atoms with Crippen LogP contribution in [-0.2, 0) is 14.6 Å². The first-order chi connectivity index (χ1) is 10.8. The van der Waals surface area contributed by atoms with Gasteiger partial charge in [0, 0.05) is 45.0 Å². The molecule has 0 atom stereocenters. The molecule has 2 N–H and O–H groups in total. The van der Waals surface area contributed by atoms with Gasteiger partial charge < -0.3 is 20.3 Å². The lowest BCUT2D eigenvalue weighted by atomic mass is 10.0. The van der Waals surface area contributed by atoms with Crippen LogP contribution in [0.15, 0.2) is 4.99 Å². The number of hydrogen-bond acceptors (Lipinski definition) is 5. The predicted octanol–water partition coefficient (Wildman–Crippen LogP) is 0.0854. The van der Waals surface area contributed by atoms with E-state index in [2.05, 4.69) is 34.4 Å². The number of ether oxygens (including phenoxy) is 1. The molecule has 1 saturated heterocycles. The Kier molecular flexibility index (Phi) is 8.86. The molecule has 0 aromatic rings. The van der Waals surface area contributed by atoms with E-state index in [0.29, 0.717) is 25.2 Å². The second-order valence-corrected chi connectivity index (χ2v) is 8.55. The van der Waals surface area contributed by atoms with Crippen LogP contribution in [0.25, 0.3) is 0 Å². The summed E-state index contributed by atoms with van der Waals surface area (Å²) >= 11 is 0. The lowest BCUT2D eigenvalue weighted by Crippen LogP contribution is -2.50. The molecule has 0 aromatic carbocycles. The number of rotatable bonds is 8. The number of likely N-dealkylation sites (tertiary alicyclic amines) is 1. The molecule has 0 saturated carbocycles. The molecule has 1 heterocycles. The van der Waals surface area contributed by atoms with Crippen LogP contribution < -0.4 is 10.6 Å². The van der Waals surface area contributed by atoms with Crippen LogP contribution >= 0.6 is 0 Å². The van der Waals surface area contributed by atoms with Gasteiger partial charge in [-0.2, -0.15) is 0 Å². The second kappa shape index (κ2) is 10.1. The van der Waals surface area contributed by atoms with Gasteiger partial charge in [-0.25, -0.2) is 8.42 Å². The highest BCUT2D eigenvalue weighted by atomic mass is 32.2. The van der Waals surface area contributed by atoms with Crippen molar-refractivity contribution in [1.82, 2.24) is 15.5 Å². The van der Waals surface area contributed by atoms with Crippen LogP contribution in [0, 0.1) is 0 Å². The van der Waals surface area contributed by atoms with Gasteiger partial charge in [-0.1, -0.05) is 0 Å². The molecular weight excluding hydrogens is 316 g/mol. The number of guanidine groups is 1. The van der Waals surface area contributed by atoms with Crippen molar-refractivity contribution in [1.29, 1.82) is 0 Å². The maximum atomic E-state index is 11.0. The van der Waals surface area contributed by atoms with Gasteiger partial charge in [0.15, 0.2) is 5.96 Å². The van der Waals surface area contributed by atoms with Crippen molar-refractivity contribution in [2.45, 2.75) is 38.8 Å². The van der Waals surface area contributed by atoms with Gasteiger partial charge in [-0.3, -0.25) is 4.99 Å². The number of aliphatic imine (C=N–C) groups is 1. The Morgan fingerprint density at radius 3 is 2.48 bits per heavy atom. The van der Waals surface area contributed by atoms with Gasteiger partial charge in [0.25, 0.3) is 0 Å². The van der Waals surface area contributed by atoms with E-state index in [-0.39, 0.29) is 12.4 Å². The first-order valence-corrected chi connectivity index (χ1v) is 10.3. The minimum atomic E-state index is -2.95. The average molecular weight is 349 g/mol. The maximum absolute atomic E-state index is 11.0. The van der Waals surface area contributed by atoms with Crippen molar-refractivity contribution in [3.05, 3.63) is 0 Å². The molecule has 0 bridgehead atoms. The van der Waals surface area contributed by atoms with Gasteiger partial charge in [0.1, 0.15) is 9.84 Å². The van der Waals surface area contributed by atoms with Crippen molar-refractivity contribution in [2.75, 3.05) is 51.9 Å². The second-order valence-electron chi connectivity index (χ2n) is 6.29. The van der Waals surface area contributed by atoms with E-state index in [9.17, 15) is 8.42 Å². The summed E-state index contributed by atoms with van der Waals surface area (Å²) in [5.74, 6) is 0.841. The van der Waals surface area contributed by atoms with Gasteiger partial charge >= 0.3 is 0 Å². The molecule has 7 nitrogen and oxygen atoms in total. The largest absolute Gasteiger partial charge is 0.379 e. The van der Waals surface area contributed by atoms with Crippen molar-refractivity contribution >= 4 is 15.8 Å². The van der Waals surface area contributed by atoms with E-state index in [1.807, 2.05) is 0 Å². The van der Waals surface area contributed by atoms with E-state index in [1.165, 1.54) is 6.26 Å². The average Bonchev–Trinajstić information content (AvgIpc) is 2.48. The molecule has 0 radical (unpaired) electrons. The zero-order valence-corrected chi connectivity index (χ0v) is 15.7. The van der Waals surface area contributed by atoms with Crippen LogP contribution in [0.2, 0.25) is 0 Å². The molecule has 1 aliphatic heterocycles. The molecule has 1 rings (SSSR count). The van der Waals surface area contributed by atoms with Gasteiger partial charge in [-0.15, -0.1) is 0 Å². The third-order valence-corrected chi connectivity index (χ3v) is 4.87. The first-order valence-electron chi connectivity index (χ1n) is 8.28. The normalized spacial score (nSPS) is 18.4. The Labute approximate surface area is 140 Å². The maximum Gasteiger partial charge on any atom is 0.191 e. The molecule has 1 aliphatic rings. The summed E-state index contributed by atoms with van der Waals surface area (Å²) in [6.07, 6.45) is 3.44.